The van der Waals surface area contributed by atoms with Crippen LogP contribution >= 0.6 is 0 Å². The molecule has 3 heteroatoms. The average molecular weight is 262 g/mol. The summed E-state index contributed by atoms with van der Waals surface area (Å²) in [4.78, 5) is 2.43. The summed E-state index contributed by atoms with van der Waals surface area (Å²) in [7, 11) is 0. The summed E-state index contributed by atoms with van der Waals surface area (Å²) in [6.07, 6.45) is 4.49. The van der Waals surface area contributed by atoms with Crippen molar-refractivity contribution in [3.63, 3.8) is 0 Å². The molecule has 0 spiro atoms. The van der Waals surface area contributed by atoms with Gasteiger partial charge in [0.15, 0.2) is 0 Å². The quantitative estimate of drug-likeness (QED) is 0.820. The van der Waals surface area contributed by atoms with Gasteiger partial charge in [-0.25, -0.2) is 0 Å². The zero-order chi connectivity index (χ0) is 13.9. The molecule has 0 unspecified atom stereocenters. The van der Waals surface area contributed by atoms with Crippen LogP contribution in [0.3, 0.4) is 0 Å². The van der Waals surface area contributed by atoms with E-state index in [1.54, 1.807) is 0 Å². The molecule has 1 saturated heterocycles. The molecule has 0 atom stereocenters. The van der Waals surface area contributed by atoms with E-state index >= 15 is 0 Å². The van der Waals surface area contributed by atoms with Crippen molar-refractivity contribution in [3.8, 4) is 0 Å². The summed E-state index contributed by atoms with van der Waals surface area (Å²) in [5.41, 5.74) is 7.29. The van der Waals surface area contributed by atoms with Crippen LogP contribution in [-0.2, 0) is 0 Å². The Kier molecular flexibility index (Phi) is 4.35. The molecule has 1 aliphatic heterocycles. The van der Waals surface area contributed by atoms with Crippen LogP contribution in [-0.4, -0.2) is 23.8 Å². The summed E-state index contributed by atoms with van der Waals surface area (Å²) < 4.78 is 0. The molecule has 0 aromatic heterocycles. The van der Waals surface area contributed by atoms with Gasteiger partial charge < -0.3 is 15.7 Å². The summed E-state index contributed by atoms with van der Waals surface area (Å²) in [5, 5.41) is 9.78. The molecule has 2 rings (SSSR count). The highest BCUT2D eigenvalue weighted by atomic mass is 16.3. The Morgan fingerprint density at radius 1 is 1.21 bits per heavy atom. The van der Waals surface area contributed by atoms with E-state index < -0.39 is 5.60 Å². The highest BCUT2D eigenvalue weighted by molar-refractivity contribution is 5.53. The number of aliphatic hydroxyl groups is 1. The molecule has 0 aliphatic carbocycles. The van der Waals surface area contributed by atoms with Crippen LogP contribution in [0.2, 0.25) is 0 Å². The highest BCUT2D eigenvalue weighted by Gasteiger charge is 2.22. The van der Waals surface area contributed by atoms with Crippen molar-refractivity contribution < 1.29 is 5.11 Å². The SMILES string of the molecule is CC(C)(O)CCC1CCN(c2ccc(N)cc2)CC1. The second-order valence-electron chi connectivity index (χ2n) is 6.37. The summed E-state index contributed by atoms with van der Waals surface area (Å²) in [6.45, 7) is 6.02. The van der Waals surface area contributed by atoms with E-state index in [4.69, 9.17) is 5.73 Å². The number of rotatable bonds is 4. The Hall–Kier alpha value is -1.22. The molecule has 0 bridgehead atoms. The van der Waals surface area contributed by atoms with Gasteiger partial charge in [0, 0.05) is 24.5 Å². The van der Waals surface area contributed by atoms with Gasteiger partial charge in [-0.1, -0.05) is 0 Å². The highest BCUT2D eigenvalue weighted by Crippen LogP contribution is 2.28. The maximum absolute atomic E-state index is 9.78. The molecule has 0 saturated carbocycles. The number of piperidine rings is 1. The van der Waals surface area contributed by atoms with E-state index in [2.05, 4.69) is 17.0 Å². The topological polar surface area (TPSA) is 49.5 Å². The first-order chi connectivity index (χ1) is 8.94. The van der Waals surface area contributed by atoms with E-state index in [0.717, 1.165) is 37.5 Å². The number of hydrogen-bond donors (Lipinski definition) is 2. The Balaban J connectivity index is 1.81. The molecule has 1 aromatic carbocycles. The Morgan fingerprint density at radius 3 is 2.32 bits per heavy atom. The number of nitrogen functional groups attached to an aromatic ring is 1. The Labute approximate surface area is 116 Å². The van der Waals surface area contributed by atoms with Crippen LogP contribution < -0.4 is 10.6 Å². The minimum atomic E-state index is -0.520. The van der Waals surface area contributed by atoms with Crippen LogP contribution in [0.1, 0.15) is 39.5 Å². The van der Waals surface area contributed by atoms with Gasteiger partial charge in [0.2, 0.25) is 0 Å². The number of nitrogens with zero attached hydrogens (tertiary/aromatic N) is 1. The normalized spacial score (nSPS) is 17.7. The second-order valence-corrected chi connectivity index (χ2v) is 6.37. The zero-order valence-electron chi connectivity index (χ0n) is 12.1. The van der Waals surface area contributed by atoms with Crippen molar-refractivity contribution in [2.45, 2.75) is 45.1 Å². The molecule has 106 valence electrons. The fourth-order valence-corrected chi connectivity index (χ4v) is 2.72. The average Bonchev–Trinajstić information content (AvgIpc) is 2.37. The predicted molar refractivity (Wildman–Crippen MR) is 81.3 cm³/mol. The van der Waals surface area contributed by atoms with E-state index in [-0.39, 0.29) is 0 Å². The molecule has 1 heterocycles. The van der Waals surface area contributed by atoms with Crippen LogP contribution in [0.4, 0.5) is 11.4 Å². The minimum absolute atomic E-state index is 0.520. The zero-order valence-corrected chi connectivity index (χ0v) is 12.1. The lowest BCUT2D eigenvalue weighted by molar-refractivity contribution is 0.0621. The van der Waals surface area contributed by atoms with Crippen molar-refractivity contribution >= 4 is 11.4 Å². The van der Waals surface area contributed by atoms with Crippen LogP contribution in [0.25, 0.3) is 0 Å². The standard InChI is InChI=1S/C16H26N2O/c1-16(2,19)10-7-13-8-11-18(12-9-13)15-5-3-14(17)4-6-15/h3-6,13,19H,7-12,17H2,1-2H3. The molecule has 0 radical (unpaired) electrons. The van der Waals surface area contributed by atoms with Crippen molar-refractivity contribution in [1.82, 2.24) is 0 Å². The van der Waals surface area contributed by atoms with Crippen molar-refractivity contribution in [2.75, 3.05) is 23.7 Å². The lowest BCUT2D eigenvalue weighted by atomic mass is 9.88. The number of nitrogens with two attached hydrogens (primary N) is 1. The molecule has 3 N–H and O–H groups in total. The largest absolute Gasteiger partial charge is 0.399 e. The monoisotopic (exact) mass is 262 g/mol. The summed E-state index contributed by atoms with van der Waals surface area (Å²) >= 11 is 0. The van der Waals surface area contributed by atoms with Crippen molar-refractivity contribution in [2.24, 2.45) is 5.92 Å². The van der Waals surface area contributed by atoms with Gasteiger partial charge in [-0.3, -0.25) is 0 Å². The van der Waals surface area contributed by atoms with Gasteiger partial charge in [-0.15, -0.1) is 0 Å². The molecular formula is C16H26N2O. The first kappa shape index (κ1) is 14.2. The van der Waals surface area contributed by atoms with E-state index in [1.165, 1.54) is 18.5 Å². The molecule has 3 nitrogen and oxygen atoms in total. The van der Waals surface area contributed by atoms with Crippen molar-refractivity contribution in [1.29, 1.82) is 0 Å². The molecular weight excluding hydrogens is 236 g/mol. The number of anilines is 2. The minimum Gasteiger partial charge on any atom is -0.399 e. The van der Waals surface area contributed by atoms with Gasteiger partial charge in [0.1, 0.15) is 0 Å². The van der Waals surface area contributed by atoms with E-state index in [9.17, 15) is 5.11 Å². The Morgan fingerprint density at radius 2 is 1.79 bits per heavy atom. The molecule has 1 aliphatic rings. The molecule has 0 amide bonds. The third kappa shape index (κ3) is 4.43. The predicted octanol–water partition coefficient (Wildman–Crippen LogP) is 3.04. The summed E-state index contributed by atoms with van der Waals surface area (Å²) in [6, 6.07) is 8.14. The lowest BCUT2D eigenvalue weighted by Gasteiger charge is -2.34. The van der Waals surface area contributed by atoms with E-state index in [1.807, 2.05) is 26.0 Å². The first-order valence-corrected chi connectivity index (χ1v) is 7.27. The molecule has 1 fully saturated rings. The lowest BCUT2D eigenvalue weighted by Crippen LogP contribution is -2.34. The maximum Gasteiger partial charge on any atom is 0.0591 e. The van der Waals surface area contributed by atoms with Gasteiger partial charge in [-0.05, 0) is 69.7 Å². The fraction of sp³-hybridized carbons (Fsp3) is 0.625. The molecule has 1 aromatic rings. The van der Waals surface area contributed by atoms with Gasteiger partial charge in [0.25, 0.3) is 0 Å². The number of hydrogen-bond acceptors (Lipinski definition) is 3. The first-order valence-electron chi connectivity index (χ1n) is 7.27. The second kappa shape index (κ2) is 5.83. The third-order valence-corrected chi connectivity index (χ3v) is 4.04. The van der Waals surface area contributed by atoms with Crippen LogP contribution in [0.15, 0.2) is 24.3 Å². The summed E-state index contributed by atoms with van der Waals surface area (Å²) in [5.74, 6) is 0.761. The maximum atomic E-state index is 9.78. The van der Waals surface area contributed by atoms with Crippen molar-refractivity contribution in [3.05, 3.63) is 24.3 Å². The van der Waals surface area contributed by atoms with Crippen LogP contribution in [0.5, 0.6) is 0 Å². The third-order valence-electron chi connectivity index (χ3n) is 4.04. The van der Waals surface area contributed by atoms with E-state index in [0.29, 0.717) is 0 Å². The van der Waals surface area contributed by atoms with Gasteiger partial charge in [-0.2, -0.15) is 0 Å². The van der Waals surface area contributed by atoms with Crippen LogP contribution in [0, 0.1) is 5.92 Å². The molecule has 19 heavy (non-hydrogen) atoms. The smallest absolute Gasteiger partial charge is 0.0591 e. The fourth-order valence-electron chi connectivity index (χ4n) is 2.72. The Bertz CT molecular complexity index is 386. The van der Waals surface area contributed by atoms with Gasteiger partial charge >= 0.3 is 0 Å². The van der Waals surface area contributed by atoms with Gasteiger partial charge in [0.05, 0.1) is 5.60 Å². The number of benzene rings is 1.